The van der Waals surface area contributed by atoms with E-state index in [2.05, 4.69) is 26.5 Å². The third kappa shape index (κ3) is 9.21. The third-order valence-corrected chi connectivity index (χ3v) is 6.12. The lowest BCUT2D eigenvalue weighted by atomic mass is 10.2. The van der Waals surface area contributed by atoms with Crippen molar-refractivity contribution in [1.29, 1.82) is 0 Å². The number of aliphatic imine (C=N–C) groups is 1. The van der Waals surface area contributed by atoms with Crippen molar-refractivity contribution in [2.45, 2.75) is 26.6 Å². The number of aromatic nitrogens is 2. The zero-order valence-corrected chi connectivity index (χ0v) is 22.4. The van der Waals surface area contributed by atoms with Gasteiger partial charge in [0.05, 0.1) is 28.0 Å². The number of ether oxygens (including phenoxy) is 1. The SMILES string of the molecule is C=CC(=N/C=C\C)c1nn(CC=O)c(C)c1Cl.CN1CCN(c2ccc(Cl)c(OCC(F)(F)F)c2)CC1. The molecule has 0 radical (unpaired) electrons. The van der Waals surface area contributed by atoms with E-state index in [-0.39, 0.29) is 17.3 Å². The number of hydrogen-bond donors (Lipinski definition) is 0. The fourth-order valence-electron chi connectivity index (χ4n) is 3.33. The highest BCUT2D eigenvalue weighted by atomic mass is 35.5. The molecular weight excluding hydrogens is 530 g/mol. The molecule has 1 saturated heterocycles. The zero-order valence-electron chi connectivity index (χ0n) is 20.9. The quantitative estimate of drug-likeness (QED) is 0.312. The van der Waals surface area contributed by atoms with Crippen molar-refractivity contribution < 1.29 is 22.7 Å². The first-order chi connectivity index (χ1) is 17.5. The molecule has 0 amide bonds. The Morgan fingerprint density at radius 1 is 1.24 bits per heavy atom. The van der Waals surface area contributed by atoms with Crippen molar-refractivity contribution in [3.05, 3.63) is 64.6 Å². The lowest BCUT2D eigenvalue weighted by molar-refractivity contribution is -0.153. The van der Waals surface area contributed by atoms with Crippen molar-refractivity contribution in [3.8, 4) is 5.75 Å². The second-order valence-corrected chi connectivity index (χ2v) is 8.89. The number of alkyl halides is 3. The van der Waals surface area contributed by atoms with E-state index in [9.17, 15) is 18.0 Å². The van der Waals surface area contributed by atoms with Gasteiger partial charge in [-0.2, -0.15) is 18.3 Å². The minimum Gasteiger partial charge on any atom is -0.482 e. The molecule has 1 aromatic carbocycles. The summed E-state index contributed by atoms with van der Waals surface area (Å²) in [7, 11) is 2.04. The Hall–Kier alpha value is -2.82. The van der Waals surface area contributed by atoms with Crippen LogP contribution in [-0.4, -0.2) is 72.7 Å². The van der Waals surface area contributed by atoms with Crippen LogP contribution in [0.2, 0.25) is 10.0 Å². The van der Waals surface area contributed by atoms with Gasteiger partial charge in [0.15, 0.2) is 6.61 Å². The molecule has 1 aromatic heterocycles. The Bertz CT molecular complexity index is 1120. The Kier molecular flexibility index (Phi) is 11.7. The molecule has 7 nitrogen and oxygen atoms in total. The van der Waals surface area contributed by atoms with Crippen LogP contribution in [-0.2, 0) is 11.3 Å². The minimum atomic E-state index is -4.37. The average molecular weight is 560 g/mol. The van der Waals surface area contributed by atoms with Gasteiger partial charge in [-0.05, 0) is 39.1 Å². The number of allylic oxidation sites excluding steroid dienone is 2. The van der Waals surface area contributed by atoms with E-state index in [1.807, 2.05) is 14.0 Å². The van der Waals surface area contributed by atoms with E-state index in [0.29, 0.717) is 16.4 Å². The first kappa shape index (κ1) is 30.4. The van der Waals surface area contributed by atoms with Crippen LogP contribution in [0, 0.1) is 6.92 Å². The molecule has 0 saturated carbocycles. The molecule has 0 unspecified atom stereocenters. The van der Waals surface area contributed by atoms with E-state index in [4.69, 9.17) is 27.9 Å². The number of likely N-dealkylation sites (N-methyl/N-ethyl adjacent to an activating group) is 1. The van der Waals surface area contributed by atoms with Crippen molar-refractivity contribution in [3.63, 3.8) is 0 Å². The van der Waals surface area contributed by atoms with Gasteiger partial charge in [-0.1, -0.05) is 35.9 Å². The van der Waals surface area contributed by atoms with Crippen molar-refractivity contribution in [2.24, 2.45) is 4.99 Å². The fourth-order valence-corrected chi connectivity index (χ4v) is 3.73. The highest BCUT2D eigenvalue weighted by molar-refractivity contribution is 6.35. The summed E-state index contributed by atoms with van der Waals surface area (Å²) in [5, 5.41) is 4.92. The number of halogens is 5. The van der Waals surface area contributed by atoms with Gasteiger partial charge in [-0.25, -0.2) is 0 Å². The van der Waals surface area contributed by atoms with Crippen LogP contribution in [0.1, 0.15) is 18.3 Å². The molecule has 1 fully saturated rings. The van der Waals surface area contributed by atoms with Crippen LogP contribution in [0.15, 0.2) is 48.1 Å². The van der Waals surface area contributed by atoms with Crippen LogP contribution >= 0.6 is 23.2 Å². The monoisotopic (exact) mass is 559 g/mol. The Morgan fingerprint density at radius 2 is 1.92 bits per heavy atom. The maximum absolute atomic E-state index is 12.2. The molecule has 3 rings (SSSR count). The summed E-state index contributed by atoms with van der Waals surface area (Å²) in [4.78, 5) is 19.0. The fraction of sp³-hybridized carbons (Fsp3) is 0.400. The molecule has 1 aliphatic heterocycles. The largest absolute Gasteiger partial charge is 0.482 e. The zero-order chi connectivity index (χ0) is 27.6. The molecular formula is C25H30Cl2F3N5O2. The molecule has 202 valence electrons. The van der Waals surface area contributed by atoms with Gasteiger partial charge in [0.2, 0.25) is 0 Å². The molecule has 1 aliphatic rings. The average Bonchev–Trinajstić information content (AvgIpc) is 3.13. The number of aldehydes is 1. The molecule has 0 atom stereocenters. The normalized spacial score (nSPS) is 14.9. The van der Waals surface area contributed by atoms with Crippen LogP contribution in [0.3, 0.4) is 0 Å². The first-order valence-corrected chi connectivity index (χ1v) is 12.2. The van der Waals surface area contributed by atoms with Gasteiger partial charge in [-0.3, -0.25) is 9.67 Å². The molecule has 0 aliphatic carbocycles. The molecule has 37 heavy (non-hydrogen) atoms. The van der Waals surface area contributed by atoms with Gasteiger partial charge in [0.25, 0.3) is 0 Å². The van der Waals surface area contributed by atoms with Gasteiger partial charge < -0.3 is 19.3 Å². The number of carbonyl (C=O) groups excluding carboxylic acids is 1. The molecule has 12 heteroatoms. The van der Waals surface area contributed by atoms with Crippen molar-refractivity contribution >= 4 is 40.9 Å². The van der Waals surface area contributed by atoms with Crippen LogP contribution in [0.4, 0.5) is 18.9 Å². The number of nitrogens with zero attached hydrogens (tertiary/aromatic N) is 5. The predicted molar refractivity (Wildman–Crippen MR) is 142 cm³/mol. The summed E-state index contributed by atoms with van der Waals surface area (Å²) in [6.07, 6.45) is 1.43. The van der Waals surface area contributed by atoms with E-state index in [1.54, 1.807) is 48.2 Å². The minimum absolute atomic E-state index is 0.0698. The van der Waals surface area contributed by atoms with Gasteiger partial charge in [-0.15, -0.1) is 0 Å². The Morgan fingerprint density at radius 3 is 2.49 bits per heavy atom. The van der Waals surface area contributed by atoms with Crippen LogP contribution in [0.5, 0.6) is 5.75 Å². The summed E-state index contributed by atoms with van der Waals surface area (Å²) in [6.45, 7) is 9.68. The van der Waals surface area contributed by atoms with Gasteiger partial charge >= 0.3 is 6.18 Å². The summed E-state index contributed by atoms with van der Waals surface area (Å²) in [5.74, 6) is 0.0698. The van der Waals surface area contributed by atoms with E-state index < -0.39 is 12.8 Å². The van der Waals surface area contributed by atoms with Crippen LogP contribution < -0.4 is 9.64 Å². The number of carbonyl (C=O) groups is 1. The maximum Gasteiger partial charge on any atom is 0.422 e. The van der Waals surface area contributed by atoms with E-state index >= 15 is 0 Å². The molecule has 0 N–H and O–H groups in total. The number of benzene rings is 1. The van der Waals surface area contributed by atoms with Gasteiger partial charge in [0, 0.05) is 44.1 Å². The topological polar surface area (TPSA) is 63.0 Å². The summed E-state index contributed by atoms with van der Waals surface area (Å²) >= 11 is 12.0. The summed E-state index contributed by atoms with van der Waals surface area (Å²) in [6, 6.07) is 4.94. The van der Waals surface area contributed by atoms with E-state index in [0.717, 1.165) is 43.8 Å². The Labute approximate surface area is 224 Å². The Balaban J connectivity index is 0.000000264. The number of rotatable bonds is 8. The van der Waals surface area contributed by atoms with Gasteiger partial charge in [0.1, 0.15) is 17.7 Å². The van der Waals surface area contributed by atoms with E-state index in [1.165, 1.54) is 0 Å². The molecule has 0 spiro atoms. The second-order valence-electron chi connectivity index (χ2n) is 8.11. The molecule has 2 heterocycles. The first-order valence-electron chi connectivity index (χ1n) is 11.4. The van der Waals surface area contributed by atoms with Crippen LogP contribution in [0.25, 0.3) is 0 Å². The lowest BCUT2D eigenvalue weighted by Gasteiger charge is -2.34. The lowest BCUT2D eigenvalue weighted by Crippen LogP contribution is -2.44. The highest BCUT2D eigenvalue weighted by Crippen LogP contribution is 2.31. The molecule has 0 bridgehead atoms. The second kappa shape index (κ2) is 14.2. The smallest absolute Gasteiger partial charge is 0.422 e. The number of anilines is 1. The molecule has 2 aromatic rings. The summed E-state index contributed by atoms with van der Waals surface area (Å²) < 4.78 is 42.9. The maximum atomic E-state index is 12.2. The number of hydrogen-bond acceptors (Lipinski definition) is 6. The highest BCUT2D eigenvalue weighted by Gasteiger charge is 2.29. The number of piperazine rings is 1. The van der Waals surface area contributed by atoms with Crippen molar-refractivity contribution in [1.82, 2.24) is 14.7 Å². The summed E-state index contributed by atoms with van der Waals surface area (Å²) in [5.41, 5.74) is 2.70. The standard InChI is InChI=1S/C13H16ClF3N2O.C12H14ClN3O/c1-18-4-6-19(7-5-18)10-2-3-11(14)12(8-10)20-9-13(15,16)17;1-4-6-14-10(5-2)12-11(13)9(3)16(15-12)7-8-17/h2-3,8H,4-7,9H2,1H3;4-6,8H,2,7H2,1,3H3/b;6-4-,14-10?. The van der Waals surface area contributed by atoms with Crippen molar-refractivity contribution in [2.75, 3.05) is 44.7 Å². The third-order valence-electron chi connectivity index (χ3n) is 5.35. The predicted octanol–water partition coefficient (Wildman–Crippen LogP) is 5.59.